The molecule has 0 aliphatic rings. The normalized spacial score (nSPS) is 13.1. The van der Waals surface area contributed by atoms with Crippen molar-refractivity contribution in [1.82, 2.24) is 5.32 Å². The molecule has 0 saturated heterocycles. The number of thiophene rings is 1. The molecule has 0 spiro atoms. The van der Waals surface area contributed by atoms with E-state index in [4.69, 9.17) is 5.73 Å². The molecule has 0 aromatic carbocycles. The van der Waals surface area contributed by atoms with Crippen molar-refractivity contribution in [2.45, 2.75) is 26.8 Å². The van der Waals surface area contributed by atoms with Crippen LogP contribution in [0.1, 0.15) is 23.8 Å². The number of nitrogens with two attached hydrogens (primary N) is 1. The molecule has 0 amide bonds. The molecule has 3 heteroatoms. The van der Waals surface area contributed by atoms with Gasteiger partial charge < -0.3 is 11.1 Å². The third-order valence-corrected chi connectivity index (χ3v) is 3.43. The lowest BCUT2D eigenvalue weighted by Gasteiger charge is -2.10. The number of hydrogen-bond donors (Lipinski definition) is 2. The maximum atomic E-state index is 5.49. The third-order valence-electron chi connectivity index (χ3n) is 2.41. The molecule has 0 aliphatic heterocycles. The molecular weight excluding hydrogens is 192 g/mol. The summed E-state index contributed by atoms with van der Waals surface area (Å²) in [6.45, 7) is 7.26. The Kier molecular flexibility index (Phi) is 5.15. The molecule has 0 fully saturated rings. The highest BCUT2D eigenvalue weighted by atomic mass is 32.1. The summed E-state index contributed by atoms with van der Waals surface area (Å²) in [6, 6.07) is 2.17. The summed E-state index contributed by atoms with van der Waals surface area (Å²) in [5, 5.41) is 5.62. The van der Waals surface area contributed by atoms with E-state index in [0.29, 0.717) is 5.92 Å². The minimum absolute atomic E-state index is 0.681. The summed E-state index contributed by atoms with van der Waals surface area (Å²) in [6.07, 6.45) is 1.11. The van der Waals surface area contributed by atoms with Gasteiger partial charge >= 0.3 is 0 Å². The van der Waals surface area contributed by atoms with E-state index in [-0.39, 0.29) is 0 Å². The van der Waals surface area contributed by atoms with Crippen LogP contribution < -0.4 is 11.1 Å². The van der Waals surface area contributed by atoms with Gasteiger partial charge in [0.2, 0.25) is 0 Å². The Morgan fingerprint density at radius 2 is 2.36 bits per heavy atom. The number of aryl methyl sites for hydroxylation is 1. The van der Waals surface area contributed by atoms with Gasteiger partial charge in [0.1, 0.15) is 0 Å². The molecule has 0 aliphatic carbocycles. The summed E-state index contributed by atoms with van der Waals surface area (Å²) in [4.78, 5) is 1.45. The molecule has 1 aromatic heterocycles. The standard InChI is InChI=1S/C11H20N2S/c1-9(3-5-12)7-13-8-11-10(2)4-6-14-11/h4,6,9,13H,3,5,7-8,12H2,1-2H3. The van der Waals surface area contributed by atoms with Gasteiger partial charge in [-0.1, -0.05) is 6.92 Å². The number of hydrogen-bond acceptors (Lipinski definition) is 3. The van der Waals surface area contributed by atoms with Crippen molar-refractivity contribution in [2.24, 2.45) is 11.7 Å². The van der Waals surface area contributed by atoms with Crippen molar-refractivity contribution in [1.29, 1.82) is 0 Å². The Morgan fingerprint density at radius 3 is 2.93 bits per heavy atom. The van der Waals surface area contributed by atoms with E-state index < -0.39 is 0 Å². The first-order valence-electron chi connectivity index (χ1n) is 5.17. The molecule has 0 radical (unpaired) electrons. The minimum atomic E-state index is 0.681. The fourth-order valence-corrected chi connectivity index (χ4v) is 2.28. The van der Waals surface area contributed by atoms with Crippen LogP contribution in [-0.4, -0.2) is 13.1 Å². The monoisotopic (exact) mass is 212 g/mol. The first kappa shape index (κ1) is 11.7. The van der Waals surface area contributed by atoms with Crippen LogP contribution in [0.3, 0.4) is 0 Å². The van der Waals surface area contributed by atoms with Crippen LogP contribution in [0.5, 0.6) is 0 Å². The van der Waals surface area contributed by atoms with Crippen LogP contribution in [0.2, 0.25) is 0 Å². The van der Waals surface area contributed by atoms with Crippen LogP contribution in [0.4, 0.5) is 0 Å². The maximum Gasteiger partial charge on any atom is 0.0302 e. The van der Waals surface area contributed by atoms with Crippen LogP contribution in [-0.2, 0) is 6.54 Å². The van der Waals surface area contributed by atoms with Gasteiger partial charge in [0, 0.05) is 11.4 Å². The van der Waals surface area contributed by atoms with E-state index in [1.54, 1.807) is 0 Å². The van der Waals surface area contributed by atoms with Crippen LogP contribution >= 0.6 is 11.3 Å². The SMILES string of the molecule is Cc1ccsc1CNCC(C)CCN. The van der Waals surface area contributed by atoms with Crippen molar-refractivity contribution >= 4 is 11.3 Å². The summed E-state index contributed by atoms with van der Waals surface area (Å²) >= 11 is 1.83. The molecule has 14 heavy (non-hydrogen) atoms. The van der Waals surface area contributed by atoms with Gasteiger partial charge in [-0.2, -0.15) is 0 Å². The second-order valence-corrected chi connectivity index (χ2v) is 4.84. The second kappa shape index (κ2) is 6.17. The first-order valence-corrected chi connectivity index (χ1v) is 6.05. The minimum Gasteiger partial charge on any atom is -0.330 e. The van der Waals surface area contributed by atoms with Crippen molar-refractivity contribution < 1.29 is 0 Å². The van der Waals surface area contributed by atoms with Gasteiger partial charge in [-0.15, -0.1) is 11.3 Å². The molecule has 1 rings (SSSR count). The van der Waals surface area contributed by atoms with E-state index in [9.17, 15) is 0 Å². The topological polar surface area (TPSA) is 38.0 Å². The zero-order chi connectivity index (χ0) is 10.4. The predicted octanol–water partition coefficient (Wildman–Crippen LogP) is 2.13. The van der Waals surface area contributed by atoms with Crippen LogP contribution in [0.25, 0.3) is 0 Å². The highest BCUT2D eigenvalue weighted by Crippen LogP contribution is 2.14. The molecule has 1 atom stereocenters. The molecule has 1 heterocycles. The van der Waals surface area contributed by atoms with Gasteiger partial charge in [0.25, 0.3) is 0 Å². The van der Waals surface area contributed by atoms with E-state index in [1.165, 1.54) is 10.4 Å². The predicted molar refractivity (Wildman–Crippen MR) is 63.6 cm³/mol. The van der Waals surface area contributed by atoms with Gasteiger partial charge in [-0.3, -0.25) is 0 Å². The average Bonchev–Trinajstić information content (AvgIpc) is 2.52. The molecule has 80 valence electrons. The zero-order valence-electron chi connectivity index (χ0n) is 9.05. The van der Waals surface area contributed by atoms with E-state index in [2.05, 4.69) is 30.6 Å². The first-order chi connectivity index (χ1) is 6.74. The maximum absolute atomic E-state index is 5.49. The smallest absolute Gasteiger partial charge is 0.0302 e. The molecule has 0 saturated carbocycles. The lowest BCUT2D eigenvalue weighted by Crippen LogP contribution is -2.22. The zero-order valence-corrected chi connectivity index (χ0v) is 9.86. The van der Waals surface area contributed by atoms with E-state index in [1.807, 2.05) is 11.3 Å². The molecule has 1 unspecified atom stereocenters. The van der Waals surface area contributed by atoms with Crippen LogP contribution in [0.15, 0.2) is 11.4 Å². The number of rotatable bonds is 6. The fourth-order valence-electron chi connectivity index (χ4n) is 1.40. The third kappa shape index (κ3) is 3.78. The van der Waals surface area contributed by atoms with E-state index in [0.717, 1.165) is 26.1 Å². The Labute approximate surface area is 90.5 Å². The quantitative estimate of drug-likeness (QED) is 0.758. The van der Waals surface area contributed by atoms with Crippen molar-refractivity contribution in [3.8, 4) is 0 Å². The lowest BCUT2D eigenvalue weighted by atomic mass is 10.1. The van der Waals surface area contributed by atoms with Crippen molar-refractivity contribution in [2.75, 3.05) is 13.1 Å². The molecule has 3 N–H and O–H groups in total. The summed E-state index contributed by atoms with van der Waals surface area (Å²) in [5.74, 6) is 0.681. The Hall–Kier alpha value is -0.380. The number of nitrogens with one attached hydrogen (secondary N) is 1. The lowest BCUT2D eigenvalue weighted by molar-refractivity contribution is 0.488. The molecular formula is C11H20N2S. The average molecular weight is 212 g/mol. The summed E-state index contributed by atoms with van der Waals surface area (Å²) < 4.78 is 0. The van der Waals surface area contributed by atoms with Crippen molar-refractivity contribution in [3.05, 3.63) is 21.9 Å². The highest BCUT2D eigenvalue weighted by Gasteiger charge is 2.02. The van der Waals surface area contributed by atoms with E-state index >= 15 is 0 Å². The largest absolute Gasteiger partial charge is 0.330 e. The molecule has 1 aromatic rings. The Bertz CT molecular complexity index is 258. The molecule has 2 nitrogen and oxygen atoms in total. The summed E-state index contributed by atoms with van der Waals surface area (Å²) in [5.41, 5.74) is 6.89. The highest BCUT2D eigenvalue weighted by molar-refractivity contribution is 7.10. The fraction of sp³-hybridized carbons (Fsp3) is 0.636. The second-order valence-electron chi connectivity index (χ2n) is 3.84. The van der Waals surface area contributed by atoms with Gasteiger partial charge in [-0.05, 0) is 49.4 Å². The van der Waals surface area contributed by atoms with Crippen molar-refractivity contribution in [3.63, 3.8) is 0 Å². The Morgan fingerprint density at radius 1 is 1.57 bits per heavy atom. The summed E-state index contributed by atoms with van der Waals surface area (Å²) in [7, 11) is 0. The Balaban J connectivity index is 2.19. The van der Waals surface area contributed by atoms with Gasteiger partial charge in [-0.25, -0.2) is 0 Å². The van der Waals surface area contributed by atoms with Crippen LogP contribution in [0, 0.1) is 12.8 Å². The molecule has 0 bridgehead atoms. The van der Waals surface area contributed by atoms with Gasteiger partial charge in [0.05, 0.1) is 0 Å². The van der Waals surface area contributed by atoms with Gasteiger partial charge in [0.15, 0.2) is 0 Å².